The number of benzene rings is 1. The van der Waals surface area contributed by atoms with Gasteiger partial charge >= 0.3 is 0 Å². The molecule has 1 saturated carbocycles. The molecular weight excluding hydrogens is 254 g/mol. The summed E-state index contributed by atoms with van der Waals surface area (Å²) in [7, 11) is 0. The van der Waals surface area contributed by atoms with Gasteiger partial charge in [-0.3, -0.25) is 4.79 Å². The van der Waals surface area contributed by atoms with Crippen molar-refractivity contribution in [3.8, 4) is 0 Å². The van der Waals surface area contributed by atoms with Gasteiger partial charge in [0.05, 0.1) is 5.41 Å². The molecule has 2 aliphatic rings. The van der Waals surface area contributed by atoms with E-state index in [1.54, 1.807) is 0 Å². The van der Waals surface area contributed by atoms with Gasteiger partial charge < -0.3 is 4.74 Å². The average Bonchev–Trinajstić information content (AvgIpc) is 3.28. The summed E-state index contributed by atoms with van der Waals surface area (Å²) in [4.78, 5) is 17.8. The fourth-order valence-corrected chi connectivity index (χ4v) is 2.87. The minimum atomic E-state index is -0.389. The topological polar surface area (TPSA) is 47.6 Å². The highest BCUT2D eigenvalue weighted by Gasteiger charge is 2.52. The number of aryl methyl sites for hydroxylation is 1. The minimum absolute atomic E-state index is 0.0408. The molecule has 1 unspecified atom stereocenters. The van der Waals surface area contributed by atoms with Crippen LogP contribution in [-0.4, -0.2) is 18.8 Å². The maximum atomic E-state index is 12.4. The fourth-order valence-electron chi connectivity index (χ4n) is 2.87. The van der Waals surface area contributed by atoms with Gasteiger partial charge in [0, 0.05) is 13.0 Å². The van der Waals surface area contributed by atoms with Crippen LogP contribution in [-0.2, 0) is 19.8 Å². The van der Waals surface area contributed by atoms with E-state index in [-0.39, 0.29) is 17.6 Å². The van der Waals surface area contributed by atoms with Crippen molar-refractivity contribution in [1.82, 2.24) is 5.48 Å². The molecule has 0 aromatic heterocycles. The highest BCUT2D eigenvalue weighted by Crippen LogP contribution is 2.49. The van der Waals surface area contributed by atoms with Crippen LogP contribution in [0.1, 0.15) is 43.2 Å². The van der Waals surface area contributed by atoms with Gasteiger partial charge in [-0.1, -0.05) is 24.3 Å². The summed E-state index contributed by atoms with van der Waals surface area (Å²) in [5, 5.41) is 0. The molecule has 0 bridgehead atoms. The standard InChI is InChI=1S/C16H21NO3/c1-12-6-2-3-7-13(12)16(9-10-16)15(18)17-20-14-8-4-5-11-19-14/h2-3,6-7,14H,4-5,8-11H2,1H3,(H,17,18). The first-order chi connectivity index (χ1) is 9.72. The molecule has 108 valence electrons. The first-order valence-corrected chi connectivity index (χ1v) is 7.36. The zero-order valence-corrected chi connectivity index (χ0v) is 11.9. The second kappa shape index (κ2) is 5.54. The lowest BCUT2D eigenvalue weighted by Crippen LogP contribution is -2.39. The summed E-state index contributed by atoms with van der Waals surface area (Å²) in [6.07, 6.45) is 4.49. The van der Waals surface area contributed by atoms with E-state index in [4.69, 9.17) is 9.57 Å². The Hall–Kier alpha value is -1.39. The molecule has 1 aliphatic heterocycles. The number of carbonyl (C=O) groups is 1. The SMILES string of the molecule is Cc1ccccc1C1(C(=O)NOC2CCCCO2)CC1. The molecule has 1 aliphatic carbocycles. The van der Waals surface area contributed by atoms with Crippen LogP contribution in [0.4, 0.5) is 0 Å². The first-order valence-electron chi connectivity index (χ1n) is 7.36. The van der Waals surface area contributed by atoms with E-state index in [0.29, 0.717) is 6.61 Å². The molecule has 1 amide bonds. The van der Waals surface area contributed by atoms with Crippen LogP contribution in [0.15, 0.2) is 24.3 Å². The monoisotopic (exact) mass is 275 g/mol. The van der Waals surface area contributed by atoms with Gasteiger partial charge in [0.1, 0.15) is 0 Å². The van der Waals surface area contributed by atoms with Crippen LogP contribution in [0.5, 0.6) is 0 Å². The van der Waals surface area contributed by atoms with Gasteiger partial charge in [0.2, 0.25) is 0 Å². The molecular formula is C16H21NO3. The molecule has 4 nitrogen and oxygen atoms in total. The minimum Gasteiger partial charge on any atom is -0.350 e. The maximum Gasteiger partial charge on any atom is 0.254 e. The fraction of sp³-hybridized carbons (Fsp3) is 0.562. The first kappa shape index (κ1) is 13.6. The molecule has 3 rings (SSSR count). The van der Waals surface area contributed by atoms with Crippen molar-refractivity contribution in [3.63, 3.8) is 0 Å². The Kier molecular flexibility index (Phi) is 3.76. The summed E-state index contributed by atoms with van der Waals surface area (Å²) >= 11 is 0. The molecule has 0 radical (unpaired) electrons. The molecule has 1 heterocycles. The zero-order chi connectivity index (χ0) is 14.0. The van der Waals surface area contributed by atoms with E-state index in [1.165, 1.54) is 0 Å². The number of amides is 1. The van der Waals surface area contributed by atoms with Crippen molar-refractivity contribution in [3.05, 3.63) is 35.4 Å². The Bertz CT molecular complexity index is 490. The molecule has 1 aromatic rings. The number of rotatable bonds is 4. The van der Waals surface area contributed by atoms with E-state index in [9.17, 15) is 4.79 Å². The van der Waals surface area contributed by atoms with Gasteiger partial charge in [0.15, 0.2) is 6.29 Å². The lowest BCUT2D eigenvalue weighted by molar-refractivity contribution is -0.201. The lowest BCUT2D eigenvalue weighted by Gasteiger charge is -2.24. The van der Waals surface area contributed by atoms with Gasteiger partial charge in [-0.25, -0.2) is 10.3 Å². The number of hydrogen-bond acceptors (Lipinski definition) is 3. The highest BCUT2D eigenvalue weighted by molar-refractivity contribution is 5.90. The zero-order valence-electron chi connectivity index (χ0n) is 11.9. The van der Waals surface area contributed by atoms with Gasteiger partial charge in [0.25, 0.3) is 5.91 Å². The second-order valence-corrected chi connectivity index (χ2v) is 5.74. The van der Waals surface area contributed by atoms with Crippen molar-refractivity contribution in [2.75, 3.05) is 6.61 Å². The third-order valence-electron chi connectivity index (χ3n) is 4.27. The van der Waals surface area contributed by atoms with Gasteiger partial charge in [-0.2, -0.15) is 0 Å². The predicted octanol–water partition coefficient (Wildman–Crippen LogP) is 2.60. The Morgan fingerprint density at radius 2 is 2.15 bits per heavy atom. The van der Waals surface area contributed by atoms with E-state index in [1.807, 2.05) is 31.2 Å². The molecule has 2 fully saturated rings. The van der Waals surface area contributed by atoms with Crippen LogP contribution in [0.3, 0.4) is 0 Å². The van der Waals surface area contributed by atoms with E-state index in [0.717, 1.165) is 43.2 Å². The number of hydroxylamine groups is 1. The number of carbonyl (C=O) groups excluding carboxylic acids is 1. The van der Waals surface area contributed by atoms with Crippen LogP contribution < -0.4 is 5.48 Å². The summed E-state index contributed by atoms with van der Waals surface area (Å²) in [5.74, 6) is -0.0408. The summed E-state index contributed by atoms with van der Waals surface area (Å²) in [5.41, 5.74) is 4.51. The van der Waals surface area contributed by atoms with E-state index >= 15 is 0 Å². The molecule has 1 saturated heterocycles. The molecule has 0 spiro atoms. The normalized spacial score (nSPS) is 24.1. The van der Waals surface area contributed by atoms with Gasteiger partial charge in [-0.15, -0.1) is 0 Å². The average molecular weight is 275 g/mol. The number of hydrogen-bond donors (Lipinski definition) is 1. The van der Waals surface area contributed by atoms with Crippen molar-refractivity contribution < 1.29 is 14.4 Å². The number of ether oxygens (including phenoxy) is 1. The van der Waals surface area contributed by atoms with E-state index in [2.05, 4.69) is 5.48 Å². The summed E-state index contributed by atoms with van der Waals surface area (Å²) in [6, 6.07) is 8.08. The third kappa shape index (κ3) is 2.58. The second-order valence-electron chi connectivity index (χ2n) is 5.74. The third-order valence-corrected chi connectivity index (χ3v) is 4.27. The Balaban J connectivity index is 1.63. The largest absolute Gasteiger partial charge is 0.350 e. The van der Waals surface area contributed by atoms with E-state index < -0.39 is 0 Å². The Morgan fingerprint density at radius 1 is 1.35 bits per heavy atom. The summed E-state index contributed by atoms with van der Waals surface area (Å²) in [6.45, 7) is 2.76. The van der Waals surface area contributed by atoms with Crippen LogP contribution in [0, 0.1) is 6.92 Å². The van der Waals surface area contributed by atoms with Crippen molar-refractivity contribution in [1.29, 1.82) is 0 Å². The molecule has 1 aromatic carbocycles. The Labute approximate surface area is 119 Å². The van der Waals surface area contributed by atoms with Crippen molar-refractivity contribution >= 4 is 5.91 Å². The molecule has 4 heteroatoms. The summed E-state index contributed by atoms with van der Waals surface area (Å²) < 4.78 is 5.45. The maximum absolute atomic E-state index is 12.4. The van der Waals surface area contributed by atoms with Crippen LogP contribution >= 0.6 is 0 Å². The van der Waals surface area contributed by atoms with Crippen molar-refractivity contribution in [2.24, 2.45) is 0 Å². The quantitative estimate of drug-likeness (QED) is 0.859. The molecule has 1 atom stereocenters. The Morgan fingerprint density at radius 3 is 2.80 bits per heavy atom. The molecule has 20 heavy (non-hydrogen) atoms. The molecule has 1 N–H and O–H groups in total. The smallest absolute Gasteiger partial charge is 0.254 e. The van der Waals surface area contributed by atoms with Crippen LogP contribution in [0.25, 0.3) is 0 Å². The van der Waals surface area contributed by atoms with Gasteiger partial charge in [-0.05, 0) is 43.7 Å². The predicted molar refractivity (Wildman–Crippen MR) is 74.9 cm³/mol. The van der Waals surface area contributed by atoms with Crippen LogP contribution in [0.2, 0.25) is 0 Å². The lowest BCUT2D eigenvalue weighted by atomic mass is 9.91. The highest BCUT2D eigenvalue weighted by atomic mass is 16.8. The van der Waals surface area contributed by atoms with Crippen molar-refractivity contribution in [2.45, 2.75) is 50.7 Å². The number of nitrogens with one attached hydrogen (secondary N) is 1.